The molecule has 1 fully saturated rings. The predicted molar refractivity (Wildman–Crippen MR) is 94.7 cm³/mol. The van der Waals surface area contributed by atoms with Gasteiger partial charge in [-0.25, -0.2) is 19.9 Å². The summed E-state index contributed by atoms with van der Waals surface area (Å²) in [6.45, 7) is 6.90. The number of rotatable bonds is 3. The van der Waals surface area contributed by atoms with Gasteiger partial charge in [0, 0.05) is 30.3 Å². The van der Waals surface area contributed by atoms with Crippen LogP contribution >= 0.6 is 0 Å². The van der Waals surface area contributed by atoms with Crippen molar-refractivity contribution >= 4 is 5.95 Å². The van der Waals surface area contributed by atoms with Crippen LogP contribution in [0, 0.1) is 20.8 Å². The monoisotopic (exact) mass is 335 g/mol. The molecule has 0 spiro atoms. The second kappa shape index (κ2) is 6.23. The molecule has 3 aromatic heterocycles. The maximum Gasteiger partial charge on any atom is 0.226 e. The van der Waals surface area contributed by atoms with Gasteiger partial charge in [0.25, 0.3) is 0 Å². The van der Waals surface area contributed by atoms with E-state index in [9.17, 15) is 0 Å². The number of hydrogen-bond donors (Lipinski definition) is 0. The van der Waals surface area contributed by atoms with Crippen molar-refractivity contribution in [3.05, 3.63) is 53.8 Å². The Morgan fingerprint density at radius 3 is 2.56 bits per heavy atom. The molecule has 0 radical (unpaired) electrons. The Morgan fingerprint density at radius 1 is 1.04 bits per heavy atom. The zero-order valence-electron chi connectivity index (χ0n) is 14.7. The second-order valence-electron chi connectivity index (χ2n) is 6.45. The molecular weight excluding hydrogens is 314 g/mol. The second-order valence-corrected chi connectivity index (χ2v) is 6.45. The molecule has 7 nitrogen and oxygen atoms in total. The smallest absolute Gasteiger partial charge is 0.226 e. The van der Waals surface area contributed by atoms with Gasteiger partial charge in [0.2, 0.25) is 5.95 Å². The summed E-state index contributed by atoms with van der Waals surface area (Å²) < 4.78 is 1.95. The van der Waals surface area contributed by atoms with E-state index in [1.807, 2.05) is 43.8 Å². The number of aryl methyl sites for hydroxylation is 3. The van der Waals surface area contributed by atoms with E-state index in [-0.39, 0.29) is 6.04 Å². The summed E-state index contributed by atoms with van der Waals surface area (Å²) in [6.07, 6.45) is 9.41. The van der Waals surface area contributed by atoms with Gasteiger partial charge >= 0.3 is 0 Å². The lowest BCUT2D eigenvalue weighted by Crippen LogP contribution is -2.26. The van der Waals surface area contributed by atoms with Crippen LogP contribution in [0.5, 0.6) is 0 Å². The third-order valence-corrected chi connectivity index (χ3v) is 4.53. The lowest BCUT2D eigenvalue weighted by atomic mass is 10.1. The molecule has 0 aromatic carbocycles. The summed E-state index contributed by atoms with van der Waals surface area (Å²) >= 11 is 0. The number of aromatic nitrogens is 6. The van der Waals surface area contributed by atoms with E-state index in [1.165, 1.54) is 0 Å². The van der Waals surface area contributed by atoms with Gasteiger partial charge in [-0.05, 0) is 39.7 Å². The average Bonchev–Trinajstić information content (AvgIpc) is 3.23. The highest BCUT2D eigenvalue weighted by atomic mass is 15.3. The van der Waals surface area contributed by atoms with Crippen molar-refractivity contribution in [2.75, 3.05) is 11.4 Å². The third kappa shape index (κ3) is 2.97. The predicted octanol–water partition coefficient (Wildman–Crippen LogP) is 2.72. The molecule has 128 valence electrons. The first-order chi connectivity index (χ1) is 12.1. The van der Waals surface area contributed by atoms with Gasteiger partial charge in [-0.3, -0.25) is 9.55 Å². The Kier molecular flexibility index (Phi) is 3.91. The lowest BCUT2D eigenvalue weighted by molar-refractivity contribution is 0.668. The Balaban J connectivity index is 1.70. The van der Waals surface area contributed by atoms with Crippen molar-refractivity contribution in [2.24, 2.45) is 0 Å². The van der Waals surface area contributed by atoms with E-state index < -0.39 is 0 Å². The largest absolute Gasteiger partial charge is 0.332 e. The van der Waals surface area contributed by atoms with Gasteiger partial charge in [-0.15, -0.1) is 0 Å². The first-order valence-corrected chi connectivity index (χ1v) is 8.53. The minimum absolute atomic E-state index is 0.150. The maximum absolute atomic E-state index is 4.84. The summed E-state index contributed by atoms with van der Waals surface area (Å²) in [5.74, 6) is 2.47. The number of hydrogen-bond acceptors (Lipinski definition) is 6. The summed E-state index contributed by atoms with van der Waals surface area (Å²) in [7, 11) is 0. The standard InChI is InChI=1S/C18H21N7/c1-12-9-13(2)22-18(21-12)25-7-4-5-16(25)15-10-19-11-17(23-15)24-8-6-20-14(24)3/h6,8-11,16H,4-5,7H2,1-3H3/t16-/m1/s1. The molecule has 7 heteroatoms. The van der Waals surface area contributed by atoms with Crippen LogP contribution in [-0.2, 0) is 0 Å². The molecule has 4 rings (SSSR count). The molecule has 1 aliphatic heterocycles. The van der Waals surface area contributed by atoms with Gasteiger partial charge < -0.3 is 4.90 Å². The third-order valence-electron chi connectivity index (χ3n) is 4.53. The van der Waals surface area contributed by atoms with Gasteiger partial charge in [0.05, 0.1) is 24.1 Å². The lowest BCUT2D eigenvalue weighted by Gasteiger charge is -2.24. The van der Waals surface area contributed by atoms with Crippen molar-refractivity contribution < 1.29 is 0 Å². The Hall–Kier alpha value is -2.83. The zero-order valence-corrected chi connectivity index (χ0v) is 14.7. The maximum atomic E-state index is 4.84. The Morgan fingerprint density at radius 2 is 1.84 bits per heavy atom. The highest BCUT2D eigenvalue weighted by Gasteiger charge is 2.30. The van der Waals surface area contributed by atoms with Gasteiger partial charge in [0.1, 0.15) is 5.82 Å². The van der Waals surface area contributed by atoms with Crippen molar-refractivity contribution in [3.8, 4) is 5.82 Å². The fourth-order valence-corrected chi connectivity index (χ4v) is 3.42. The number of anilines is 1. The molecule has 25 heavy (non-hydrogen) atoms. The minimum atomic E-state index is 0.150. The molecule has 1 saturated heterocycles. The van der Waals surface area contributed by atoms with Crippen LogP contribution in [0.15, 0.2) is 30.9 Å². The summed E-state index contributed by atoms with van der Waals surface area (Å²) in [4.78, 5) is 25.0. The van der Waals surface area contributed by atoms with Crippen LogP contribution in [0.3, 0.4) is 0 Å². The van der Waals surface area contributed by atoms with E-state index in [0.29, 0.717) is 0 Å². The molecule has 4 heterocycles. The van der Waals surface area contributed by atoms with E-state index >= 15 is 0 Å². The highest BCUT2D eigenvalue weighted by molar-refractivity contribution is 5.38. The molecule has 3 aromatic rings. The van der Waals surface area contributed by atoms with Crippen LogP contribution in [-0.4, -0.2) is 36.0 Å². The molecule has 1 aliphatic rings. The molecule has 0 aliphatic carbocycles. The summed E-state index contributed by atoms with van der Waals surface area (Å²) in [5.41, 5.74) is 2.93. The van der Waals surface area contributed by atoms with E-state index in [0.717, 1.165) is 54.1 Å². The van der Waals surface area contributed by atoms with Crippen LogP contribution in [0.25, 0.3) is 5.82 Å². The fraction of sp³-hybridized carbons (Fsp3) is 0.389. The van der Waals surface area contributed by atoms with Crippen LogP contribution in [0.1, 0.15) is 41.8 Å². The zero-order chi connectivity index (χ0) is 17.4. The Labute approximate surface area is 146 Å². The van der Waals surface area contributed by atoms with E-state index in [4.69, 9.17) is 4.98 Å². The first-order valence-electron chi connectivity index (χ1n) is 8.53. The first kappa shape index (κ1) is 15.7. The number of nitrogens with zero attached hydrogens (tertiary/aromatic N) is 7. The topological polar surface area (TPSA) is 72.6 Å². The van der Waals surface area contributed by atoms with Crippen LogP contribution < -0.4 is 4.90 Å². The van der Waals surface area contributed by atoms with Crippen molar-refractivity contribution in [2.45, 2.75) is 39.7 Å². The SMILES string of the molecule is Cc1cc(C)nc(N2CCC[C@@H]2c2cncc(-n3ccnc3C)n2)n1. The van der Waals surface area contributed by atoms with Gasteiger partial charge in [0.15, 0.2) is 5.82 Å². The van der Waals surface area contributed by atoms with E-state index in [2.05, 4.69) is 24.8 Å². The molecule has 0 saturated carbocycles. The molecule has 0 unspecified atom stereocenters. The van der Waals surface area contributed by atoms with Crippen molar-refractivity contribution in [1.82, 2.24) is 29.5 Å². The summed E-state index contributed by atoms with van der Waals surface area (Å²) in [6, 6.07) is 2.15. The Bertz CT molecular complexity index is 882. The molecule has 0 amide bonds. The average molecular weight is 335 g/mol. The quantitative estimate of drug-likeness (QED) is 0.733. The molecule has 0 bridgehead atoms. The molecular formula is C18H21N7. The van der Waals surface area contributed by atoms with E-state index in [1.54, 1.807) is 12.4 Å². The van der Waals surface area contributed by atoms with Crippen molar-refractivity contribution in [1.29, 1.82) is 0 Å². The molecule has 1 atom stereocenters. The summed E-state index contributed by atoms with van der Waals surface area (Å²) in [5, 5.41) is 0. The number of imidazole rings is 1. The van der Waals surface area contributed by atoms with Crippen molar-refractivity contribution in [3.63, 3.8) is 0 Å². The normalized spacial score (nSPS) is 17.2. The van der Waals surface area contributed by atoms with Crippen LogP contribution in [0.4, 0.5) is 5.95 Å². The van der Waals surface area contributed by atoms with Gasteiger partial charge in [-0.1, -0.05) is 0 Å². The minimum Gasteiger partial charge on any atom is -0.332 e. The van der Waals surface area contributed by atoms with Gasteiger partial charge in [-0.2, -0.15) is 0 Å². The fourth-order valence-electron chi connectivity index (χ4n) is 3.42. The van der Waals surface area contributed by atoms with Crippen LogP contribution in [0.2, 0.25) is 0 Å². The molecule has 0 N–H and O–H groups in total. The highest BCUT2D eigenvalue weighted by Crippen LogP contribution is 2.33.